The average molecular weight is 309 g/mol. The third-order valence-electron chi connectivity index (χ3n) is 4.87. The Morgan fingerprint density at radius 1 is 1.33 bits per heavy atom. The first-order valence-corrected chi connectivity index (χ1v) is 9.06. The van der Waals surface area contributed by atoms with Crippen LogP contribution in [0.25, 0.3) is 0 Å². The van der Waals surface area contributed by atoms with Gasteiger partial charge in [-0.2, -0.15) is 0 Å². The van der Waals surface area contributed by atoms with Gasteiger partial charge in [-0.25, -0.2) is 13.1 Å². The smallest absolute Gasteiger partial charge is 0.242 e. The number of hydrogen-bond acceptors (Lipinski definition) is 4. The molecule has 5 nitrogen and oxygen atoms in total. The second-order valence-electron chi connectivity index (χ2n) is 5.89. The van der Waals surface area contributed by atoms with Crippen LogP contribution in [-0.2, 0) is 10.0 Å². The van der Waals surface area contributed by atoms with Crippen LogP contribution in [0.5, 0.6) is 0 Å². The van der Waals surface area contributed by atoms with Gasteiger partial charge >= 0.3 is 0 Å². The molecule has 0 amide bonds. The Kier molecular flexibility index (Phi) is 3.94. The lowest BCUT2D eigenvalue weighted by atomic mass is 9.93. The van der Waals surface area contributed by atoms with E-state index in [9.17, 15) is 8.42 Å². The van der Waals surface area contributed by atoms with E-state index in [1.165, 1.54) is 7.05 Å². The van der Waals surface area contributed by atoms with Crippen molar-refractivity contribution >= 4 is 15.7 Å². The highest BCUT2D eigenvalue weighted by molar-refractivity contribution is 7.89. The molecule has 6 heteroatoms. The third-order valence-corrected chi connectivity index (χ3v) is 6.33. The van der Waals surface area contributed by atoms with Crippen LogP contribution in [0, 0.1) is 11.8 Å². The van der Waals surface area contributed by atoms with Crippen LogP contribution >= 0.6 is 0 Å². The topological polar surface area (TPSA) is 61.4 Å². The van der Waals surface area contributed by atoms with Crippen LogP contribution in [0.3, 0.4) is 0 Å². The van der Waals surface area contributed by atoms with Gasteiger partial charge in [0.25, 0.3) is 0 Å². The first-order chi connectivity index (χ1) is 10.1. The number of anilines is 1. The van der Waals surface area contributed by atoms with Gasteiger partial charge in [-0.15, -0.1) is 0 Å². The molecule has 2 N–H and O–H groups in total. The molecule has 1 aromatic rings. The predicted molar refractivity (Wildman–Crippen MR) is 84.0 cm³/mol. The zero-order valence-electron chi connectivity index (χ0n) is 12.5. The maximum absolute atomic E-state index is 12.3. The number of hydrogen-bond donors (Lipinski definition) is 2. The molecular weight excluding hydrogens is 286 g/mol. The van der Waals surface area contributed by atoms with Crippen LogP contribution in [0.15, 0.2) is 29.2 Å². The molecule has 0 radical (unpaired) electrons. The van der Waals surface area contributed by atoms with Crippen molar-refractivity contribution in [3.8, 4) is 0 Å². The monoisotopic (exact) mass is 309 g/mol. The van der Waals surface area contributed by atoms with E-state index in [0.717, 1.165) is 31.7 Å². The second-order valence-corrected chi connectivity index (χ2v) is 7.74. The Morgan fingerprint density at radius 2 is 2.10 bits per heavy atom. The lowest BCUT2D eigenvalue weighted by Gasteiger charge is -2.30. The summed E-state index contributed by atoms with van der Waals surface area (Å²) in [5.41, 5.74) is 0.841. The van der Waals surface area contributed by atoms with Gasteiger partial charge in [0.05, 0.1) is 5.69 Å². The number of benzene rings is 1. The molecule has 0 aromatic heterocycles. The van der Waals surface area contributed by atoms with Crippen molar-refractivity contribution in [3.05, 3.63) is 24.3 Å². The van der Waals surface area contributed by atoms with Gasteiger partial charge in [0.2, 0.25) is 10.0 Å². The quantitative estimate of drug-likeness (QED) is 0.872. The normalized spacial score (nSPS) is 28.9. The molecule has 3 unspecified atom stereocenters. The number of para-hydroxylation sites is 1. The maximum Gasteiger partial charge on any atom is 0.242 e. The fourth-order valence-corrected chi connectivity index (χ4v) is 4.79. The van der Waals surface area contributed by atoms with E-state index in [-0.39, 0.29) is 0 Å². The molecule has 116 valence electrons. The van der Waals surface area contributed by atoms with E-state index < -0.39 is 10.0 Å². The Balaban J connectivity index is 2.01. The molecule has 1 aromatic carbocycles. The molecule has 0 spiro atoms. The van der Waals surface area contributed by atoms with E-state index >= 15 is 0 Å². The average Bonchev–Trinajstić information content (AvgIpc) is 3.07. The summed E-state index contributed by atoms with van der Waals surface area (Å²) < 4.78 is 27.0. The highest BCUT2D eigenvalue weighted by Gasteiger charge is 2.44. The summed E-state index contributed by atoms with van der Waals surface area (Å²) in [6.45, 7) is 5.21. The van der Waals surface area contributed by atoms with Crippen molar-refractivity contribution in [1.82, 2.24) is 10.0 Å². The van der Waals surface area contributed by atoms with Crippen LogP contribution in [0.2, 0.25) is 0 Å². The summed E-state index contributed by atoms with van der Waals surface area (Å²) in [4.78, 5) is 2.69. The van der Waals surface area contributed by atoms with Gasteiger partial charge < -0.3 is 10.2 Å². The number of nitrogens with one attached hydrogen (secondary N) is 2. The molecule has 3 atom stereocenters. The second kappa shape index (κ2) is 5.59. The molecule has 2 heterocycles. The minimum Gasteiger partial charge on any atom is -0.367 e. The van der Waals surface area contributed by atoms with Crippen LogP contribution in [-0.4, -0.2) is 41.1 Å². The molecule has 2 aliphatic heterocycles. The Bertz CT molecular complexity index is 617. The van der Waals surface area contributed by atoms with Crippen LogP contribution in [0.1, 0.15) is 13.3 Å². The Morgan fingerprint density at radius 3 is 2.81 bits per heavy atom. The van der Waals surface area contributed by atoms with Crippen LogP contribution in [0.4, 0.5) is 5.69 Å². The minimum absolute atomic E-state index is 0.388. The third kappa shape index (κ3) is 2.45. The van der Waals surface area contributed by atoms with Gasteiger partial charge in [-0.1, -0.05) is 19.1 Å². The predicted octanol–water partition coefficient (Wildman–Crippen LogP) is 1.03. The van der Waals surface area contributed by atoms with Gasteiger partial charge in [0.15, 0.2) is 0 Å². The van der Waals surface area contributed by atoms with Gasteiger partial charge in [0, 0.05) is 25.7 Å². The molecular formula is C15H23N3O2S. The zero-order valence-corrected chi connectivity index (χ0v) is 13.4. The first kappa shape index (κ1) is 14.8. The van der Waals surface area contributed by atoms with E-state index in [2.05, 4.69) is 21.9 Å². The van der Waals surface area contributed by atoms with E-state index in [0.29, 0.717) is 22.8 Å². The number of sulfonamides is 1. The lowest BCUT2D eigenvalue weighted by molar-refractivity contribution is 0.441. The van der Waals surface area contributed by atoms with E-state index in [1.54, 1.807) is 12.1 Å². The van der Waals surface area contributed by atoms with Crippen LogP contribution < -0.4 is 14.9 Å². The lowest BCUT2D eigenvalue weighted by Crippen LogP contribution is -2.36. The highest BCUT2D eigenvalue weighted by Crippen LogP contribution is 2.39. The summed E-state index contributed by atoms with van der Waals surface area (Å²) in [5.74, 6) is 1.25. The summed E-state index contributed by atoms with van der Waals surface area (Å²) in [6.07, 6.45) is 1.04. The van der Waals surface area contributed by atoms with Crippen molar-refractivity contribution in [3.63, 3.8) is 0 Å². The Hall–Kier alpha value is -1.11. The molecule has 2 fully saturated rings. The summed E-state index contributed by atoms with van der Waals surface area (Å²) in [7, 11) is -1.96. The molecule has 0 saturated carbocycles. The largest absolute Gasteiger partial charge is 0.367 e. The zero-order chi connectivity index (χ0) is 15.0. The van der Waals surface area contributed by atoms with Crippen molar-refractivity contribution in [2.75, 3.05) is 31.6 Å². The number of rotatable bonds is 4. The molecule has 2 saturated heterocycles. The highest BCUT2D eigenvalue weighted by atomic mass is 32.2. The maximum atomic E-state index is 12.3. The number of nitrogens with zero attached hydrogens (tertiary/aromatic N) is 1. The summed E-state index contributed by atoms with van der Waals surface area (Å²) in [5, 5.41) is 3.46. The van der Waals surface area contributed by atoms with E-state index in [1.807, 2.05) is 12.1 Å². The molecule has 2 aliphatic rings. The van der Waals surface area contributed by atoms with Crippen molar-refractivity contribution in [2.24, 2.45) is 11.8 Å². The van der Waals surface area contributed by atoms with Gasteiger partial charge in [0.1, 0.15) is 4.90 Å². The van der Waals surface area contributed by atoms with E-state index in [4.69, 9.17) is 0 Å². The van der Waals surface area contributed by atoms with Gasteiger partial charge in [-0.3, -0.25) is 0 Å². The Labute approximate surface area is 126 Å². The fourth-order valence-electron chi connectivity index (χ4n) is 3.85. The van der Waals surface area contributed by atoms with Crippen molar-refractivity contribution in [2.45, 2.75) is 24.3 Å². The standard InChI is InChI=1S/C15H23N3O2S/c1-3-13-12-9-17-8-11(12)10-18(13)14-6-4-5-7-15(14)21(19,20)16-2/h4-7,11-13,16-17H,3,8-10H2,1-2H3. The first-order valence-electron chi connectivity index (χ1n) is 7.58. The molecule has 0 bridgehead atoms. The fraction of sp³-hybridized carbons (Fsp3) is 0.600. The van der Waals surface area contributed by atoms with Crippen molar-refractivity contribution in [1.29, 1.82) is 0 Å². The number of fused-ring (bicyclic) bond motifs is 1. The summed E-state index contributed by atoms with van der Waals surface area (Å²) in [6, 6.07) is 7.75. The molecule has 3 rings (SSSR count). The SMILES string of the molecule is CCC1C2CNCC2CN1c1ccccc1S(=O)(=O)NC. The van der Waals surface area contributed by atoms with Gasteiger partial charge in [-0.05, 0) is 37.4 Å². The summed E-state index contributed by atoms with van der Waals surface area (Å²) >= 11 is 0. The minimum atomic E-state index is -3.43. The van der Waals surface area contributed by atoms with Crippen molar-refractivity contribution < 1.29 is 8.42 Å². The molecule has 0 aliphatic carbocycles. The molecule has 21 heavy (non-hydrogen) atoms.